The van der Waals surface area contributed by atoms with Gasteiger partial charge in [0.1, 0.15) is 0 Å². The van der Waals surface area contributed by atoms with Crippen LogP contribution in [-0.2, 0) is 0 Å². The van der Waals surface area contributed by atoms with Crippen LogP contribution in [0, 0.1) is 0 Å². The van der Waals surface area contributed by atoms with Gasteiger partial charge in [-0.05, 0) is 19.4 Å². The van der Waals surface area contributed by atoms with Gasteiger partial charge in [-0.25, -0.2) is 0 Å². The van der Waals surface area contributed by atoms with Crippen LogP contribution >= 0.6 is 0 Å². The van der Waals surface area contributed by atoms with Crippen LogP contribution in [0.3, 0.4) is 0 Å². The lowest BCUT2D eigenvalue weighted by molar-refractivity contribution is 0.318. The summed E-state index contributed by atoms with van der Waals surface area (Å²) in [5, 5.41) is 11.2. The van der Waals surface area contributed by atoms with Crippen molar-refractivity contribution in [1.82, 2.24) is 0 Å². The fourth-order valence-electron chi connectivity index (χ4n) is 0.414. The molecule has 0 saturated heterocycles. The lowest BCUT2D eigenvalue weighted by atomic mass is 10.3. The van der Waals surface area contributed by atoms with E-state index in [0.717, 1.165) is 6.42 Å². The molecule has 2 nitrogen and oxygen atoms in total. The summed E-state index contributed by atoms with van der Waals surface area (Å²) in [7, 11) is 0. The van der Waals surface area contributed by atoms with Crippen LogP contribution in [0.25, 0.3) is 0 Å². The topological polar surface area (TPSA) is 32.6 Å². The van der Waals surface area contributed by atoms with Crippen molar-refractivity contribution >= 4 is 5.71 Å². The molecule has 0 aliphatic rings. The first-order valence-electron chi connectivity index (χ1n) is 2.68. The molecule has 0 heterocycles. The van der Waals surface area contributed by atoms with Crippen LogP contribution in [0.15, 0.2) is 17.3 Å². The molecule has 0 aliphatic heterocycles. The van der Waals surface area contributed by atoms with Crippen molar-refractivity contribution in [1.29, 1.82) is 0 Å². The Balaban J connectivity index is 3.72. The van der Waals surface area contributed by atoms with E-state index in [9.17, 15) is 0 Å². The Kier molecular flexibility index (Phi) is 3.94. The minimum atomic E-state index is 0.715. The van der Waals surface area contributed by atoms with E-state index in [-0.39, 0.29) is 0 Å². The Morgan fingerprint density at radius 1 is 1.75 bits per heavy atom. The molecule has 0 amide bonds. The summed E-state index contributed by atoms with van der Waals surface area (Å²) in [6.07, 6.45) is 4.40. The maximum Gasteiger partial charge on any atom is 0.0789 e. The second-order valence-electron chi connectivity index (χ2n) is 1.44. The zero-order valence-corrected chi connectivity index (χ0v) is 5.26. The number of hydrogen-bond donors (Lipinski definition) is 1. The highest BCUT2D eigenvalue weighted by Crippen LogP contribution is 1.85. The largest absolute Gasteiger partial charge is 0.411 e. The number of nitrogens with zero attached hydrogens (tertiary/aromatic N) is 1. The monoisotopic (exact) mass is 113 g/mol. The molecule has 0 aromatic carbocycles. The van der Waals surface area contributed by atoms with Gasteiger partial charge in [0, 0.05) is 0 Å². The quantitative estimate of drug-likeness (QED) is 0.330. The molecular formula is C6H11NO. The minimum absolute atomic E-state index is 0.715. The summed E-state index contributed by atoms with van der Waals surface area (Å²) >= 11 is 0. The maximum atomic E-state index is 8.19. The van der Waals surface area contributed by atoms with Gasteiger partial charge < -0.3 is 5.21 Å². The smallest absolute Gasteiger partial charge is 0.0789 e. The van der Waals surface area contributed by atoms with Crippen LogP contribution in [0.5, 0.6) is 0 Å². The third-order valence-corrected chi connectivity index (χ3v) is 0.850. The lowest BCUT2D eigenvalue weighted by Crippen LogP contribution is -1.87. The fourth-order valence-corrected chi connectivity index (χ4v) is 0.414. The van der Waals surface area contributed by atoms with E-state index in [0.29, 0.717) is 5.71 Å². The van der Waals surface area contributed by atoms with Crippen LogP contribution in [0.2, 0.25) is 0 Å². The van der Waals surface area contributed by atoms with E-state index in [1.165, 1.54) is 0 Å². The Morgan fingerprint density at radius 3 is 2.50 bits per heavy atom. The highest BCUT2D eigenvalue weighted by molar-refractivity contribution is 5.94. The third kappa shape index (κ3) is 2.39. The van der Waals surface area contributed by atoms with Crippen molar-refractivity contribution in [2.24, 2.45) is 5.16 Å². The molecule has 0 atom stereocenters. The number of rotatable bonds is 2. The molecule has 2 heteroatoms. The average molecular weight is 113 g/mol. The van der Waals surface area contributed by atoms with Gasteiger partial charge in [0.25, 0.3) is 0 Å². The molecule has 1 N–H and O–H groups in total. The van der Waals surface area contributed by atoms with Gasteiger partial charge in [-0.3, -0.25) is 0 Å². The summed E-state index contributed by atoms with van der Waals surface area (Å²) in [4.78, 5) is 0. The predicted molar refractivity (Wildman–Crippen MR) is 34.3 cm³/mol. The molecule has 8 heavy (non-hydrogen) atoms. The fraction of sp³-hybridized carbons (Fsp3) is 0.500. The number of hydrogen-bond acceptors (Lipinski definition) is 2. The van der Waals surface area contributed by atoms with E-state index < -0.39 is 0 Å². The predicted octanol–water partition coefficient (Wildman–Crippen LogP) is 1.80. The summed E-state index contributed by atoms with van der Waals surface area (Å²) in [6.45, 7) is 3.83. The number of oxime groups is 1. The van der Waals surface area contributed by atoms with Gasteiger partial charge in [0.05, 0.1) is 5.71 Å². The first-order chi connectivity index (χ1) is 3.85. The van der Waals surface area contributed by atoms with Gasteiger partial charge >= 0.3 is 0 Å². The van der Waals surface area contributed by atoms with Crippen LogP contribution in [0.1, 0.15) is 20.3 Å². The van der Waals surface area contributed by atoms with Gasteiger partial charge in [-0.1, -0.05) is 18.2 Å². The molecule has 0 saturated carbocycles. The Hall–Kier alpha value is -0.790. The molecule has 46 valence electrons. The SMILES string of the molecule is C/C=C/C(CC)=N/O. The lowest BCUT2D eigenvalue weighted by Gasteiger charge is -1.86. The van der Waals surface area contributed by atoms with Crippen molar-refractivity contribution in [2.45, 2.75) is 20.3 Å². The molecule has 0 unspecified atom stereocenters. The van der Waals surface area contributed by atoms with E-state index in [1.54, 1.807) is 6.08 Å². The van der Waals surface area contributed by atoms with E-state index in [4.69, 9.17) is 5.21 Å². The summed E-state index contributed by atoms with van der Waals surface area (Å²) in [5.41, 5.74) is 0.715. The molecule has 0 aliphatic carbocycles. The van der Waals surface area contributed by atoms with Crippen LogP contribution < -0.4 is 0 Å². The number of allylic oxidation sites excluding steroid dienone is 2. The van der Waals surface area contributed by atoms with E-state index in [2.05, 4.69) is 5.16 Å². The first kappa shape index (κ1) is 7.21. The van der Waals surface area contributed by atoms with Crippen LogP contribution in [-0.4, -0.2) is 10.9 Å². The highest BCUT2D eigenvalue weighted by atomic mass is 16.4. The summed E-state index contributed by atoms with van der Waals surface area (Å²) in [6, 6.07) is 0. The molecular weight excluding hydrogens is 102 g/mol. The Labute approximate surface area is 49.5 Å². The van der Waals surface area contributed by atoms with Crippen molar-refractivity contribution in [3.05, 3.63) is 12.2 Å². The molecule has 0 fully saturated rings. The van der Waals surface area contributed by atoms with Gasteiger partial charge in [-0.2, -0.15) is 0 Å². The zero-order valence-electron chi connectivity index (χ0n) is 5.26. The second-order valence-corrected chi connectivity index (χ2v) is 1.44. The third-order valence-electron chi connectivity index (χ3n) is 0.850. The summed E-state index contributed by atoms with van der Waals surface area (Å²) in [5.74, 6) is 0. The van der Waals surface area contributed by atoms with Gasteiger partial charge in [0.2, 0.25) is 0 Å². The summed E-state index contributed by atoms with van der Waals surface area (Å²) < 4.78 is 0. The molecule has 0 aromatic heterocycles. The zero-order chi connectivity index (χ0) is 6.41. The van der Waals surface area contributed by atoms with E-state index >= 15 is 0 Å². The Bertz CT molecular complexity index is 102. The highest BCUT2D eigenvalue weighted by Gasteiger charge is 1.84. The Morgan fingerprint density at radius 2 is 2.38 bits per heavy atom. The second kappa shape index (κ2) is 4.37. The van der Waals surface area contributed by atoms with Crippen molar-refractivity contribution < 1.29 is 5.21 Å². The molecule has 0 aromatic rings. The van der Waals surface area contributed by atoms with Gasteiger partial charge in [0.15, 0.2) is 0 Å². The standard InChI is InChI=1S/C6H11NO/c1-3-5-6(4-2)7-8/h3,5,8H,4H2,1-2H3/b5-3+,7-6+. The van der Waals surface area contributed by atoms with Gasteiger partial charge in [-0.15, -0.1) is 0 Å². The minimum Gasteiger partial charge on any atom is -0.411 e. The molecule has 0 bridgehead atoms. The first-order valence-corrected chi connectivity index (χ1v) is 2.68. The van der Waals surface area contributed by atoms with Crippen molar-refractivity contribution in [2.75, 3.05) is 0 Å². The van der Waals surface area contributed by atoms with Crippen molar-refractivity contribution in [3.8, 4) is 0 Å². The molecule has 0 radical (unpaired) electrons. The van der Waals surface area contributed by atoms with Crippen molar-refractivity contribution in [3.63, 3.8) is 0 Å². The molecule has 0 spiro atoms. The normalized spacial score (nSPS) is 13.0. The van der Waals surface area contributed by atoms with Crippen LogP contribution in [0.4, 0.5) is 0 Å². The molecule has 0 rings (SSSR count). The van der Waals surface area contributed by atoms with E-state index in [1.807, 2.05) is 19.9 Å². The maximum absolute atomic E-state index is 8.19. The average Bonchev–Trinajstić information content (AvgIpc) is 1.83.